The van der Waals surface area contributed by atoms with Crippen LogP contribution in [0.25, 0.3) is 22.2 Å². The first-order valence-corrected chi connectivity index (χ1v) is 6.99. The zero-order valence-corrected chi connectivity index (χ0v) is 11.6. The lowest BCUT2D eigenvalue weighted by molar-refractivity contribution is 0.699. The van der Waals surface area contributed by atoms with Gasteiger partial charge in [0.2, 0.25) is 0 Å². The number of benzene rings is 2. The molecule has 3 aromatic rings. The van der Waals surface area contributed by atoms with Crippen molar-refractivity contribution in [2.75, 3.05) is 0 Å². The number of aromatic nitrogens is 1. The van der Waals surface area contributed by atoms with E-state index in [1.807, 2.05) is 18.2 Å². The average molecular weight is 262 g/mol. The summed E-state index contributed by atoms with van der Waals surface area (Å²) in [6.07, 6.45) is 0.939. The molecule has 0 aliphatic carbocycles. The van der Waals surface area contributed by atoms with E-state index in [0.29, 0.717) is 0 Å². The number of pyridine rings is 1. The lowest BCUT2D eigenvalue weighted by atomic mass is 10.0. The third-order valence-electron chi connectivity index (χ3n) is 3.65. The Hall–Kier alpha value is -2.19. The van der Waals surface area contributed by atoms with Gasteiger partial charge in [0.05, 0.1) is 11.2 Å². The van der Waals surface area contributed by atoms with Crippen LogP contribution < -0.4 is 5.73 Å². The van der Waals surface area contributed by atoms with Crippen LogP contribution in [0.2, 0.25) is 0 Å². The summed E-state index contributed by atoms with van der Waals surface area (Å²) in [6.45, 7) is 2.10. The third kappa shape index (κ3) is 2.43. The molecule has 0 bridgehead atoms. The summed E-state index contributed by atoms with van der Waals surface area (Å²) in [5.41, 5.74) is 10.4. The molecule has 0 aliphatic rings. The first kappa shape index (κ1) is 12.8. The van der Waals surface area contributed by atoms with Gasteiger partial charge in [-0.2, -0.15) is 0 Å². The Morgan fingerprint density at radius 1 is 1.00 bits per heavy atom. The van der Waals surface area contributed by atoms with Gasteiger partial charge in [0.25, 0.3) is 0 Å². The summed E-state index contributed by atoms with van der Waals surface area (Å²) in [5, 5.41) is 1.16. The fourth-order valence-corrected chi connectivity index (χ4v) is 2.39. The van der Waals surface area contributed by atoms with E-state index in [2.05, 4.69) is 49.4 Å². The van der Waals surface area contributed by atoms with Crippen LogP contribution in [-0.2, 0) is 0 Å². The maximum atomic E-state index is 6.11. The van der Waals surface area contributed by atoms with Crippen molar-refractivity contribution in [3.63, 3.8) is 0 Å². The number of hydrogen-bond donors (Lipinski definition) is 1. The van der Waals surface area contributed by atoms with E-state index < -0.39 is 0 Å². The predicted octanol–water partition coefficient (Wildman–Crippen LogP) is 4.31. The molecule has 0 spiro atoms. The molecule has 2 N–H and O–H groups in total. The minimum absolute atomic E-state index is 0.0930. The monoisotopic (exact) mass is 262 g/mol. The van der Waals surface area contributed by atoms with Crippen molar-refractivity contribution in [3.05, 3.63) is 66.2 Å². The highest BCUT2D eigenvalue weighted by Crippen LogP contribution is 2.24. The molecule has 1 unspecified atom stereocenters. The Balaban J connectivity index is 2.06. The Morgan fingerprint density at radius 2 is 1.85 bits per heavy atom. The van der Waals surface area contributed by atoms with Gasteiger partial charge in [0, 0.05) is 17.0 Å². The molecular weight excluding hydrogens is 244 g/mol. The minimum atomic E-state index is 0.0930. The molecule has 0 fully saturated rings. The summed E-state index contributed by atoms with van der Waals surface area (Å²) in [4.78, 5) is 4.73. The maximum Gasteiger partial charge on any atom is 0.0709 e. The fourth-order valence-electron chi connectivity index (χ4n) is 2.39. The molecule has 0 radical (unpaired) electrons. The molecule has 3 rings (SSSR count). The van der Waals surface area contributed by atoms with Crippen molar-refractivity contribution in [3.8, 4) is 11.3 Å². The molecule has 2 heteroatoms. The van der Waals surface area contributed by atoms with Crippen molar-refractivity contribution in [2.45, 2.75) is 19.4 Å². The lowest BCUT2D eigenvalue weighted by Crippen LogP contribution is -2.08. The van der Waals surface area contributed by atoms with E-state index in [-0.39, 0.29) is 6.04 Å². The van der Waals surface area contributed by atoms with Crippen LogP contribution >= 0.6 is 0 Å². The van der Waals surface area contributed by atoms with Crippen LogP contribution in [0.4, 0.5) is 0 Å². The van der Waals surface area contributed by atoms with Gasteiger partial charge in [-0.1, -0.05) is 49.4 Å². The van der Waals surface area contributed by atoms with Crippen molar-refractivity contribution in [1.29, 1.82) is 0 Å². The van der Waals surface area contributed by atoms with Gasteiger partial charge in [-0.15, -0.1) is 0 Å². The molecule has 1 atom stereocenters. The highest BCUT2D eigenvalue weighted by Gasteiger charge is 2.06. The number of hydrogen-bond acceptors (Lipinski definition) is 2. The van der Waals surface area contributed by atoms with Crippen LogP contribution in [0, 0.1) is 0 Å². The summed E-state index contributed by atoms with van der Waals surface area (Å²) in [6, 6.07) is 20.8. The second-order valence-electron chi connectivity index (χ2n) is 5.03. The molecule has 100 valence electrons. The molecule has 2 nitrogen and oxygen atoms in total. The van der Waals surface area contributed by atoms with Gasteiger partial charge in [-0.3, -0.25) is 0 Å². The van der Waals surface area contributed by atoms with E-state index in [1.165, 1.54) is 5.56 Å². The molecule has 20 heavy (non-hydrogen) atoms. The minimum Gasteiger partial charge on any atom is -0.324 e. The number of para-hydroxylation sites is 1. The van der Waals surface area contributed by atoms with Gasteiger partial charge in [-0.05, 0) is 30.2 Å². The van der Waals surface area contributed by atoms with E-state index in [4.69, 9.17) is 10.7 Å². The van der Waals surface area contributed by atoms with E-state index >= 15 is 0 Å². The smallest absolute Gasteiger partial charge is 0.0709 e. The van der Waals surface area contributed by atoms with Crippen LogP contribution in [0.15, 0.2) is 60.7 Å². The fraction of sp³-hybridized carbons (Fsp3) is 0.167. The van der Waals surface area contributed by atoms with Gasteiger partial charge < -0.3 is 5.73 Å². The quantitative estimate of drug-likeness (QED) is 0.763. The summed E-state index contributed by atoms with van der Waals surface area (Å²) in [5.74, 6) is 0. The van der Waals surface area contributed by atoms with E-state index in [9.17, 15) is 0 Å². The molecule has 0 aliphatic heterocycles. The van der Waals surface area contributed by atoms with Crippen LogP contribution in [0.1, 0.15) is 24.9 Å². The molecule has 1 aromatic heterocycles. The van der Waals surface area contributed by atoms with Crippen molar-refractivity contribution in [2.24, 2.45) is 5.73 Å². The number of fused-ring (bicyclic) bond motifs is 1. The Bertz CT molecular complexity index is 734. The lowest BCUT2D eigenvalue weighted by Gasteiger charge is -2.11. The zero-order valence-electron chi connectivity index (χ0n) is 11.6. The van der Waals surface area contributed by atoms with Crippen LogP contribution in [0.3, 0.4) is 0 Å². The molecule has 0 amide bonds. The van der Waals surface area contributed by atoms with Gasteiger partial charge in [0.1, 0.15) is 0 Å². The first-order valence-electron chi connectivity index (χ1n) is 6.99. The summed E-state index contributed by atoms with van der Waals surface area (Å²) in [7, 11) is 0. The van der Waals surface area contributed by atoms with Crippen molar-refractivity contribution in [1.82, 2.24) is 4.98 Å². The van der Waals surface area contributed by atoms with Crippen molar-refractivity contribution >= 4 is 10.9 Å². The van der Waals surface area contributed by atoms with Gasteiger partial charge in [-0.25, -0.2) is 4.98 Å². The molecule has 2 aromatic carbocycles. The second kappa shape index (κ2) is 5.43. The topological polar surface area (TPSA) is 38.9 Å². The molecule has 0 saturated carbocycles. The third-order valence-corrected chi connectivity index (χ3v) is 3.65. The van der Waals surface area contributed by atoms with E-state index in [1.54, 1.807) is 0 Å². The number of nitrogens with two attached hydrogens (primary N) is 1. The zero-order chi connectivity index (χ0) is 13.9. The Labute approximate surface area is 119 Å². The number of rotatable bonds is 3. The maximum absolute atomic E-state index is 6.11. The SMILES string of the molecule is CCC(N)c1cccc(-c2ccc3ccccc3n2)c1. The standard InChI is InChI=1S/C18H18N2/c1-2-16(19)14-7-5-8-15(12-14)18-11-10-13-6-3-4-9-17(13)20-18/h3-12,16H,2,19H2,1H3. The predicted molar refractivity (Wildman–Crippen MR) is 84.4 cm³/mol. The highest BCUT2D eigenvalue weighted by atomic mass is 14.7. The first-order chi connectivity index (χ1) is 9.78. The Kier molecular flexibility index (Phi) is 3.48. The summed E-state index contributed by atoms with van der Waals surface area (Å²) >= 11 is 0. The second-order valence-corrected chi connectivity index (χ2v) is 5.03. The number of nitrogens with zero attached hydrogens (tertiary/aromatic N) is 1. The normalized spacial score (nSPS) is 12.5. The van der Waals surface area contributed by atoms with E-state index in [0.717, 1.165) is 28.6 Å². The van der Waals surface area contributed by atoms with Crippen LogP contribution in [-0.4, -0.2) is 4.98 Å². The largest absolute Gasteiger partial charge is 0.324 e. The highest BCUT2D eigenvalue weighted by molar-refractivity contribution is 5.81. The van der Waals surface area contributed by atoms with Gasteiger partial charge >= 0.3 is 0 Å². The Morgan fingerprint density at radius 3 is 2.70 bits per heavy atom. The molecule has 0 saturated heterocycles. The van der Waals surface area contributed by atoms with Crippen LogP contribution in [0.5, 0.6) is 0 Å². The summed E-state index contributed by atoms with van der Waals surface area (Å²) < 4.78 is 0. The van der Waals surface area contributed by atoms with Crippen molar-refractivity contribution < 1.29 is 0 Å². The van der Waals surface area contributed by atoms with Gasteiger partial charge in [0.15, 0.2) is 0 Å². The molecular formula is C18H18N2. The molecule has 1 heterocycles. The average Bonchev–Trinajstić information content (AvgIpc) is 2.53.